The Bertz CT molecular complexity index is 392. The van der Waals surface area contributed by atoms with Crippen molar-refractivity contribution in [2.45, 2.75) is 54.1 Å². The first-order chi connectivity index (χ1) is 8.74. The predicted molar refractivity (Wildman–Crippen MR) is 84.5 cm³/mol. The highest BCUT2D eigenvalue weighted by Gasteiger charge is 2.31. The molecule has 0 atom stereocenters. The second-order valence-corrected chi connectivity index (χ2v) is 5.34. The van der Waals surface area contributed by atoms with Crippen molar-refractivity contribution in [3.8, 4) is 0 Å². The Kier molecular flexibility index (Phi) is 7.16. The molecule has 0 bridgehead atoms. The van der Waals surface area contributed by atoms with Gasteiger partial charge in [-0.1, -0.05) is 39.3 Å². The molecule has 1 rings (SSSR count). The van der Waals surface area contributed by atoms with Crippen LogP contribution >= 0.6 is 0 Å². The zero-order valence-electron chi connectivity index (χ0n) is 13.3. The lowest BCUT2D eigenvalue weighted by Crippen LogP contribution is -2.45. The molecule has 0 saturated carbocycles. The van der Waals surface area contributed by atoms with Crippen LogP contribution in [0.15, 0.2) is 18.2 Å². The Balaban J connectivity index is 0.00000154. The molecule has 108 valence electrons. The Labute approximate surface area is 118 Å². The summed E-state index contributed by atoms with van der Waals surface area (Å²) in [4.78, 5) is 0. The van der Waals surface area contributed by atoms with E-state index in [2.05, 4.69) is 13.8 Å². The van der Waals surface area contributed by atoms with Crippen LogP contribution in [-0.4, -0.2) is 17.7 Å². The van der Waals surface area contributed by atoms with Crippen molar-refractivity contribution in [2.24, 2.45) is 5.92 Å². The quantitative estimate of drug-likeness (QED) is 0.650. The summed E-state index contributed by atoms with van der Waals surface area (Å²) in [6.45, 7) is 14.0. The molecule has 0 aliphatic heterocycles. The smallest absolute Gasteiger partial charge is 0.423 e. The first-order valence-corrected chi connectivity index (χ1v) is 6.96. The van der Waals surface area contributed by atoms with Gasteiger partial charge in [-0.25, -0.2) is 0 Å². The van der Waals surface area contributed by atoms with E-state index in [1.54, 1.807) is 6.07 Å². The maximum atomic E-state index is 10.1. The molecule has 0 amide bonds. The summed E-state index contributed by atoms with van der Waals surface area (Å²) >= 11 is 0. The van der Waals surface area contributed by atoms with E-state index in [1.165, 1.54) is 0 Å². The lowest BCUT2D eigenvalue weighted by atomic mass is 9.74. The van der Waals surface area contributed by atoms with E-state index in [0.717, 1.165) is 11.0 Å². The van der Waals surface area contributed by atoms with Gasteiger partial charge in [-0.05, 0) is 44.3 Å². The Hall–Kier alpha value is -0.995. The van der Waals surface area contributed by atoms with Gasteiger partial charge in [0, 0.05) is 5.69 Å². The third-order valence-corrected chi connectivity index (χ3v) is 3.38. The molecule has 0 aromatic heterocycles. The minimum Gasteiger partial charge on any atom is -0.423 e. The normalized spacial score (nSPS) is 11.0. The fourth-order valence-electron chi connectivity index (χ4n) is 1.41. The van der Waals surface area contributed by atoms with Gasteiger partial charge in [0.25, 0.3) is 0 Å². The van der Waals surface area contributed by atoms with E-state index in [0.29, 0.717) is 11.6 Å². The van der Waals surface area contributed by atoms with Gasteiger partial charge in [-0.2, -0.15) is 0 Å². The second-order valence-electron chi connectivity index (χ2n) is 5.34. The van der Waals surface area contributed by atoms with E-state index in [-0.39, 0.29) is 5.60 Å². The maximum Gasteiger partial charge on any atom is 0.491 e. The summed E-state index contributed by atoms with van der Waals surface area (Å²) in [5, 5.41) is 10.1. The van der Waals surface area contributed by atoms with Crippen LogP contribution in [0.1, 0.15) is 47.1 Å². The topological polar surface area (TPSA) is 55.5 Å². The molecule has 0 aliphatic carbocycles. The van der Waals surface area contributed by atoms with Crippen molar-refractivity contribution in [3.05, 3.63) is 23.8 Å². The standard InChI is InChI=1S/C13H22BNO2.C2H6/c1-9(2)13(4,5)17-14(16)12-8-11(15)7-6-10(12)3;1-2/h6-9,16H,15H2,1-5H3;1-2H3. The average molecular weight is 265 g/mol. The van der Waals surface area contributed by atoms with E-state index in [4.69, 9.17) is 10.4 Å². The van der Waals surface area contributed by atoms with E-state index >= 15 is 0 Å². The number of hydrogen-bond donors (Lipinski definition) is 2. The molecule has 0 fully saturated rings. The van der Waals surface area contributed by atoms with Crippen molar-refractivity contribution < 1.29 is 9.68 Å². The minimum atomic E-state index is -0.934. The largest absolute Gasteiger partial charge is 0.491 e. The fourth-order valence-corrected chi connectivity index (χ4v) is 1.41. The number of benzene rings is 1. The molecule has 0 spiro atoms. The number of nitrogens with two attached hydrogens (primary N) is 1. The lowest BCUT2D eigenvalue weighted by molar-refractivity contribution is 0.0423. The van der Waals surface area contributed by atoms with Crippen LogP contribution in [0, 0.1) is 12.8 Å². The molecule has 0 aliphatic rings. The Morgan fingerprint density at radius 2 is 1.79 bits per heavy atom. The second kappa shape index (κ2) is 7.56. The van der Waals surface area contributed by atoms with Crippen molar-refractivity contribution in [1.29, 1.82) is 0 Å². The van der Waals surface area contributed by atoms with Gasteiger partial charge in [0.05, 0.1) is 5.60 Å². The molecule has 3 nitrogen and oxygen atoms in total. The highest BCUT2D eigenvalue weighted by Crippen LogP contribution is 2.21. The number of anilines is 1. The lowest BCUT2D eigenvalue weighted by Gasteiger charge is -2.31. The summed E-state index contributed by atoms with van der Waals surface area (Å²) in [7, 11) is -0.934. The molecule has 0 radical (unpaired) electrons. The molecule has 0 unspecified atom stereocenters. The zero-order valence-corrected chi connectivity index (χ0v) is 13.3. The van der Waals surface area contributed by atoms with Gasteiger partial charge in [-0.3, -0.25) is 0 Å². The van der Waals surface area contributed by atoms with E-state index < -0.39 is 7.12 Å². The fraction of sp³-hybridized carbons (Fsp3) is 0.600. The molecule has 1 aromatic carbocycles. The summed E-state index contributed by atoms with van der Waals surface area (Å²) in [5.41, 5.74) is 7.69. The predicted octanol–water partition coefficient (Wildman–Crippen LogP) is 2.74. The molecule has 0 heterocycles. The molecule has 19 heavy (non-hydrogen) atoms. The molecular weight excluding hydrogens is 237 g/mol. The SMILES string of the molecule is CC.Cc1ccc(N)cc1B(O)OC(C)(C)C(C)C. The molecule has 4 heteroatoms. The first-order valence-electron chi connectivity index (χ1n) is 6.96. The maximum absolute atomic E-state index is 10.1. The van der Waals surface area contributed by atoms with Gasteiger partial charge in [-0.15, -0.1) is 0 Å². The van der Waals surface area contributed by atoms with Crippen LogP contribution in [0.2, 0.25) is 0 Å². The number of rotatable bonds is 4. The van der Waals surface area contributed by atoms with Crippen molar-refractivity contribution in [2.75, 3.05) is 5.73 Å². The summed E-state index contributed by atoms with van der Waals surface area (Å²) in [6.07, 6.45) is 0. The van der Waals surface area contributed by atoms with Crippen LogP contribution in [0.5, 0.6) is 0 Å². The molecule has 1 aromatic rings. The van der Waals surface area contributed by atoms with E-state index in [9.17, 15) is 5.02 Å². The van der Waals surface area contributed by atoms with Gasteiger partial charge < -0.3 is 15.4 Å². The Morgan fingerprint density at radius 1 is 1.26 bits per heavy atom. The zero-order chi connectivity index (χ0) is 15.2. The number of hydrogen-bond acceptors (Lipinski definition) is 3. The molecule has 0 saturated heterocycles. The van der Waals surface area contributed by atoms with Gasteiger partial charge in [0.1, 0.15) is 0 Å². The highest BCUT2D eigenvalue weighted by atomic mass is 16.5. The van der Waals surface area contributed by atoms with Crippen LogP contribution in [0.25, 0.3) is 0 Å². The first kappa shape index (κ1) is 18.0. The number of nitrogen functional groups attached to an aromatic ring is 1. The van der Waals surface area contributed by atoms with Crippen molar-refractivity contribution >= 4 is 18.3 Å². The minimum absolute atomic E-state index is 0.318. The van der Waals surface area contributed by atoms with E-state index in [1.807, 2.05) is 46.8 Å². The van der Waals surface area contributed by atoms with Crippen LogP contribution in [-0.2, 0) is 4.65 Å². The molecule has 3 N–H and O–H groups in total. The summed E-state index contributed by atoms with van der Waals surface area (Å²) < 4.78 is 5.72. The summed E-state index contributed by atoms with van der Waals surface area (Å²) in [6, 6.07) is 5.47. The summed E-state index contributed by atoms with van der Waals surface area (Å²) in [5.74, 6) is 0.318. The van der Waals surface area contributed by atoms with Crippen LogP contribution in [0.3, 0.4) is 0 Å². The van der Waals surface area contributed by atoms with Crippen molar-refractivity contribution in [3.63, 3.8) is 0 Å². The molecular formula is C15H28BNO2. The highest BCUT2D eigenvalue weighted by molar-refractivity contribution is 6.60. The third-order valence-electron chi connectivity index (χ3n) is 3.38. The van der Waals surface area contributed by atoms with Crippen LogP contribution < -0.4 is 11.2 Å². The van der Waals surface area contributed by atoms with Gasteiger partial charge in [0.2, 0.25) is 0 Å². The third kappa shape index (κ3) is 5.25. The van der Waals surface area contributed by atoms with Gasteiger partial charge in [0.15, 0.2) is 0 Å². The monoisotopic (exact) mass is 265 g/mol. The van der Waals surface area contributed by atoms with Gasteiger partial charge >= 0.3 is 7.12 Å². The average Bonchev–Trinajstić information content (AvgIpc) is 2.34. The Morgan fingerprint density at radius 3 is 2.26 bits per heavy atom. The van der Waals surface area contributed by atoms with Crippen LogP contribution in [0.4, 0.5) is 5.69 Å². The number of aryl methyl sites for hydroxylation is 1. The van der Waals surface area contributed by atoms with Crippen molar-refractivity contribution in [1.82, 2.24) is 0 Å².